The summed E-state index contributed by atoms with van der Waals surface area (Å²) in [4.78, 5) is 2.23. The molecule has 1 aliphatic rings. The second-order valence-corrected chi connectivity index (χ2v) is 5.61. The molecule has 0 aromatic heterocycles. The third kappa shape index (κ3) is 3.76. The maximum atomic E-state index is 5.50. The van der Waals surface area contributed by atoms with Crippen LogP contribution in [0.2, 0.25) is 0 Å². The summed E-state index contributed by atoms with van der Waals surface area (Å²) in [6.07, 6.45) is 2.48. The SMILES string of the molecule is COc1cc(NC(=S)N2CCC[C@H](C)C2)cc(OC)c1. The second kappa shape index (κ2) is 6.79. The first-order chi connectivity index (χ1) is 9.62. The molecule has 1 saturated heterocycles. The summed E-state index contributed by atoms with van der Waals surface area (Å²) in [7, 11) is 3.28. The number of methoxy groups -OCH3 is 2. The van der Waals surface area contributed by atoms with Gasteiger partial charge in [-0.15, -0.1) is 0 Å². The van der Waals surface area contributed by atoms with Gasteiger partial charge in [0, 0.05) is 37.0 Å². The number of rotatable bonds is 3. The Morgan fingerprint density at radius 3 is 2.45 bits per heavy atom. The first-order valence-corrected chi connectivity index (χ1v) is 7.32. The highest BCUT2D eigenvalue weighted by molar-refractivity contribution is 7.80. The molecule has 20 heavy (non-hydrogen) atoms. The zero-order valence-electron chi connectivity index (χ0n) is 12.3. The number of hydrogen-bond donors (Lipinski definition) is 1. The van der Waals surface area contributed by atoms with Crippen LogP contribution < -0.4 is 14.8 Å². The standard InChI is InChI=1S/C15H22N2O2S/c1-11-5-4-6-17(10-11)15(20)16-12-7-13(18-2)9-14(8-12)19-3/h7-9,11H,4-6,10H2,1-3H3,(H,16,20)/t11-/m0/s1. The highest BCUT2D eigenvalue weighted by atomic mass is 32.1. The molecule has 0 aliphatic carbocycles. The minimum Gasteiger partial charge on any atom is -0.497 e. The summed E-state index contributed by atoms with van der Waals surface area (Å²) in [5.41, 5.74) is 0.893. The Bertz CT molecular complexity index is 457. The molecular weight excluding hydrogens is 272 g/mol. The van der Waals surface area contributed by atoms with Crippen LogP contribution >= 0.6 is 12.2 Å². The fourth-order valence-corrected chi connectivity index (χ4v) is 2.74. The van der Waals surface area contributed by atoms with Gasteiger partial charge in [0.1, 0.15) is 11.5 Å². The minimum atomic E-state index is 0.698. The number of nitrogens with one attached hydrogen (secondary N) is 1. The number of likely N-dealkylation sites (tertiary alicyclic amines) is 1. The molecule has 4 nitrogen and oxygen atoms in total. The summed E-state index contributed by atoms with van der Waals surface area (Å²) in [5.74, 6) is 2.20. The summed E-state index contributed by atoms with van der Waals surface area (Å²) >= 11 is 5.50. The zero-order chi connectivity index (χ0) is 14.5. The van der Waals surface area contributed by atoms with E-state index < -0.39 is 0 Å². The lowest BCUT2D eigenvalue weighted by Gasteiger charge is -2.33. The van der Waals surface area contributed by atoms with Gasteiger partial charge in [0.15, 0.2) is 5.11 Å². The molecule has 0 amide bonds. The Morgan fingerprint density at radius 1 is 1.25 bits per heavy atom. The van der Waals surface area contributed by atoms with E-state index in [0.717, 1.165) is 35.4 Å². The van der Waals surface area contributed by atoms with E-state index in [1.54, 1.807) is 14.2 Å². The second-order valence-electron chi connectivity index (χ2n) is 5.22. The lowest BCUT2D eigenvalue weighted by atomic mass is 10.0. The molecule has 1 fully saturated rings. The van der Waals surface area contributed by atoms with Gasteiger partial charge < -0.3 is 19.7 Å². The summed E-state index contributed by atoms with van der Waals surface area (Å²) < 4.78 is 10.5. The Hall–Kier alpha value is -1.49. The highest BCUT2D eigenvalue weighted by Crippen LogP contribution is 2.26. The number of benzene rings is 1. The third-order valence-corrected chi connectivity index (χ3v) is 3.91. The smallest absolute Gasteiger partial charge is 0.173 e. The van der Waals surface area contributed by atoms with E-state index in [1.165, 1.54) is 12.8 Å². The molecule has 1 aromatic rings. The van der Waals surface area contributed by atoms with E-state index in [9.17, 15) is 0 Å². The molecule has 0 saturated carbocycles. The van der Waals surface area contributed by atoms with Crippen LogP contribution in [0, 0.1) is 5.92 Å². The van der Waals surface area contributed by atoms with Gasteiger partial charge in [0.2, 0.25) is 0 Å². The van der Waals surface area contributed by atoms with Crippen LogP contribution in [0.1, 0.15) is 19.8 Å². The number of nitrogens with zero attached hydrogens (tertiary/aromatic N) is 1. The monoisotopic (exact) mass is 294 g/mol. The summed E-state index contributed by atoms with van der Waals surface area (Å²) in [5, 5.41) is 4.05. The van der Waals surface area contributed by atoms with Gasteiger partial charge in [-0.05, 0) is 31.0 Å². The van der Waals surface area contributed by atoms with E-state index >= 15 is 0 Å². The van der Waals surface area contributed by atoms with Crippen molar-refractivity contribution in [2.45, 2.75) is 19.8 Å². The Labute approximate surface area is 126 Å². The minimum absolute atomic E-state index is 0.698. The first kappa shape index (κ1) is 14.9. The van der Waals surface area contributed by atoms with Gasteiger partial charge in [-0.2, -0.15) is 0 Å². The average molecular weight is 294 g/mol. The van der Waals surface area contributed by atoms with Crippen molar-refractivity contribution in [2.75, 3.05) is 32.6 Å². The van der Waals surface area contributed by atoms with E-state index in [0.29, 0.717) is 5.92 Å². The molecule has 1 atom stereocenters. The Kier molecular flexibility index (Phi) is 5.06. The van der Waals surface area contributed by atoms with E-state index in [4.69, 9.17) is 21.7 Å². The van der Waals surface area contributed by atoms with Gasteiger partial charge in [0.25, 0.3) is 0 Å². The largest absolute Gasteiger partial charge is 0.497 e. The zero-order valence-corrected chi connectivity index (χ0v) is 13.1. The van der Waals surface area contributed by atoms with Crippen molar-refractivity contribution in [3.8, 4) is 11.5 Å². The number of thiocarbonyl (C=S) groups is 1. The molecule has 0 unspecified atom stereocenters. The molecule has 0 spiro atoms. The molecular formula is C15H22N2O2S. The number of piperidine rings is 1. The summed E-state index contributed by atoms with van der Waals surface area (Å²) in [6, 6.07) is 5.68. The number of ether oxygens (including phenoxy) is 2. The van der Waals surface area contributed by atoms with Crippen LogP contribution in [0.3, 0.4) is 0 Å². The predicted octanol–water partition coefficient (Wildman–Crippen LogP) is 3.13. The average Bonchev–Trinajstić information content (AvgIpc) is 2.46. The summed E-state index contributed by atoms with van der Waals surface area (Å²) in [6.45, 7) is 4.31. The normalized spacial score (nSPS) is 18.6. The van der Waals surface area contributed by atoms with Crippen LogP contribution in [0.15, 0.2) is 18.2 Å². The molecule has 1 aliphatic heterocycles. The van der Waals surface area contributed by atoms with E-state index in [-0.39, 0.29) is 0 Å². The maximum Gasteiger partial charge on any atom is 0.173 e. The van der Waals surface area contributed by atoms with Crippen LogP contribution in [-0.4, -0.2) is 37.3 Å². The first-order valence-electron chi connectivity index (χ1n) is 6.91. The van der Waals surface area contributed by atoms with Gasteiger partial charge in [-0.1, -0.05) is 6.92 Å². The lowest BCUT2D eigenvalue weighted by Crippen LogP contribution is -2.41. The fourth-order valence-electron chi connectivity index (χ4n) is 2.46. The Balaban J connectivity index is 2.06. The van der Waals surface area contributed by atoms with Gasteiger partial charge >= 0.3 is 0 Å². The van der Waals surface area contributed by atoms with E-state index in [2.05, 4.69) is 17.1 Å². The Morgan fingerprint density at radius 2 is 1.90 bits per heavy atom. The predicted molar refractivity (Wildman–Crippen MR) is 85.7 cm³/mol. The molecule has 5 heteroatoms. The van der Waals surface area contributed by atoms with Crippen molar-refractivity contribution >= 4 is 23.0 Å². The van der Waals surface area contributed by atoms with Gasteiger partial charge in [0.05, 0.1) is 14.2 Å². The number of anilines is 1. The van der Waals surface area contributed by atoms with Gasteiger partial charge in [-0.3, -0.25) is 0 Å². The van der Waals surface area contributed by atoms with Crippen LogP contribution in [0.4, 0.5) is 5.69 Å². The molecule has 2 rings (SSSR count). The van der Waals surface area contributed by atoms with Crippen LogP contribution in [0.25, 0.3) is 0 Å². The highest BCUT2D eigenvalue weighted by Gasteiger charge is 2.18. The van der Waals surface area contributed by atoms with Crippen molar-refractivity contribution in [1.29, 1.82) is 0 Å². The van der Waals surface area contributed by atoms with Crippen LogP contribution in [0.5, 0.6) is 11.5 Å². The maximum absolute atomic E-state index is 5.50. The quantitative estimate of drug-likeness (QED) is 0.866. The third-order valence-electron chi connectivity index (χ3n) is 3.55. The topological polar surface area (TPSA) is 33.7 Å². The molecule has 1 aromatic carbocycles. The lowest BCUT2D eigenvalue weighted by molar-refractivity contribution is 0.276. The van der Waals surface area contributed by atoms with Gasteiger partial charge in [-0.25, -0.2) is 0 Å². The van der Waals surface area contributed by atoms with E-state index in [1.807, 2.05) is 18.2 Å². The van der Waals surface area contributed by atoms with Crippen LogP contribution in [-0.2, 0) is 0 Å². The number of hydrogen-bond acceptors (Lipinski definition) is 3. The molecule has 110 valence electrons. The van der Waals surface area contributed by atoms with Crippen molar-refractivity contribution in [3.63, 3.8) is 0 Å². The molecule has 0 bridgehead atoms. The fraction of sp³-hybridized carbons (Fsp3) is 0.533. The molecule has 0 radical (unpaired) electrons. The van der Waals surface area contributed by atoms with Crippen molar-refractivity contribution < 1.29 is 9.47 Å². The van der Waals surface area contributed by atoms with Crippen molar-refractivity contribution in [2.24, 2.45) is 5.92 Å². The molecule has 1 N–H and O–H groups in total. The van der Waals surface area contributed by atoms with Crippen molar-refractivity contribution in [1.82, 2.24) is 4.90 Å². The van der Waals surface area contributed by atoms with Crippen molar-refractivity contribution in [3.05, 3.63) is 18.2 Å². The molecule has 1 heterocycles.